The topological polar surface area (TPSA) is 84.6 Å². The number of rotatable bonds is 4. The van der Waals surface area contributed by atoms with E-state index in [1.807, 2.05) is 0 Å². The molecule has 5 heteroatoms. The van der Waals surface area contributed by atoms with Crippen molar-refractivity contribution in [1.29, 1.82) is 0 Å². The largest absolute Gasteiger partial charge is 0.386 e. The van der Waals surface area contributed by atoms with Gasteiger partial charge in [-0.1, -0.05) is 0 Å². The Balaban J connectivity index is 2.30. The van der Waals surface area contributed by atoms with Gasteiger partial charge in [-0.3, -0.25) is 4.79 Å². The number of hydrogen-bond acceptors (Lipinski definition) is 4. The predicted octanol–water partition coefficient (Wildman–Crippen LogP) is -1.40. The van der Waals surface area contributed by atoms with E-state index in [9.17, 15) is 9.90 Å². The SMILES string of the molecule is C#CCC(N)C(=O)NCC1(O)CCOC1. The number of aliphatic hydroxyl groups is 1. The molecule has 1 saturated heterocycles. The molecule has 1 aliphatic heterocycles. The molecule has 1 amide bonds. The molecule has 1 aliphatic rings. The maximum Gasteiger partial charge on any atom is 0.238 e. The molecule has 0 aliphatic carbocycles. The molecule has 2 unspecified atom stereocenters. The molecule has 1 heterocycles. The number of nitrogens with one attached hydrogen (secondary N) is 1. The third kappa shape index (κ3) is 3.51. The van der Waals surface area contributed by atoms with E-state index >= 15 is 0 Å². The summed E-state index contributed by atoms with van der Waals surface area (Å²) in [6.07, 6.45) is 5.75. The summed E-state index contributed by atoms with van der Waals surface area (Å²) in [5.74, 6) is 1.97. The lowest BCUT2D eigenvalue weighted by molar-refractivity contribution is -0.123. The minimum absolute atomic E-state index is 0.157. The van der Waals surface area contributed by atoms with E-state index in [1.54, 1.807) is 0 Å². The van der Waals surface area contributed by atoms with Crippen LogP contribution in [0.5, 0.6) is 0 Å². The van der Waals surface area contributed by atoms with E-state index < -0.39 is 11.6 Å². The average molecular weight is 212 g/mol. The molecule has 0 aromatic rings. The summed E-state index contributed by atoms with van der Waals surface area (Å²) in [7, 11) is 0. The maximum absolute atomic E-state index is 11.3. The molecule has 0 radical (unpaired) electrons. The second-order valence-electron chi connectivity index (χ2n) is 3.76. The van der Waals surface area contributed by atoms with Crippen LogP contribution in [0.1, 0.15) is 12.8 Å². The highest BCUT2D eigenvalue weighted by Gasteiger charge is 2.32. The van der Waals surface area contributed by atoms with Gasteiger partial charge in [-0.25, -0.2) is 0 Å². The Morgan fingerprint density at radius 2 is 2.53 bits per heavy atom. The number of carbonyl (C=O) groups is 1. The molecule has 1 fully saturated rings. The number of ether oxygens (including phenoxy) is 1. The second kappa shape index (κ2) is 5.12. The highest BCUT2D eigenvalue weighted by molar-refractivity contribution is 5.81. The van der Waals surface area contributed by atoms with Crippen molar-refractivity contribution in [3.8, 4) is 12.3 Å². The monoisotopic (exact) mass is 212 g/mol. The lowest BCUT2D eigenvalue weighted by Gasteiger charge is -2.21. The highest BCUT2D eigenvalue weighted by atomic mass is 16.5. The molecule has 1 rings (SSSR count). The van der Waals surface area contributed by atoms with Crippen molar-refractivity contribution in [2.45, 2.75) is 24.5 Å². The van der Waals surface area contributed by atoms with Crippen LogP contribution in [0.2, 0.25) is 0 Å². The van der Waals surface area contributed by atoms with Crippen LogP contribution in [0, 0.1) is 12.3 Å². The van der Waals surface area contributed by atoms with Gasteiger partial charge in [0.2, 0.25) is 5.91 Å². The van der Waals surface area contributed by atoms with E-state index in [0.717, 1.165) is 0 Å². The first-order chi connectivity index (χ1) is 7.07. The Kier molecular flexibility index (Phi) is 4.09. The van der Waals surface area contributed by atoms with Crippen molar-refractivity contribution in [3.05, 3.63) is 0 Å². The zero-order valence-electron chi connectivity index (χ0n) is 8.53. The highest BCUT2D eigenvalue weighted by Crippen LogP contribution is 2.16. The Morgan fingerprint density at radius 1 is 1.80 bits per heavy atom. The van der Waals surface area contributed by atoms with Gasteiger partial charge >= 0.3 is 0 Å². The predicted molar refractivity (Wildman–Crippen MR) is 54.8 cm³/mol. The van der Waals surface area contributed by atoms with Crippen LogP contribution in [-0.2, 0) is 9.53 Å². The average Bonchev–Trinajstić information content (AvgIpc) is 2.63. The van der Waals surface area contributed by atoms with Gasteiger partial charge in [0.05, 0.1) is 12.6 Å². The van der Waals surface area contributed by atoms with Gasteiger partial charge in [0.15, 0.2) is 0 Å². The van der Waals surface area contributed by atoms with Crippen molar-refractivity contribution >= 4 is 5.91 Å². The third-order valence-electron chi connectivity index (χ3n) is 2.35. The first kappa shape index (κ1) is 12.0. The van der Waals surface area contributed by atoms with E-state index in [2.05, 4.69) is 11.2 Å². The molecule has 2 atom stereocenters. The minimum Gasteiger partial charge on any atom is -0.386 e. The summed E-state index contributed by atoms with van der Waals surface area (Å²) in [6.45, 7) is 0.921. The summed E-state index contributed by atoms with van der Waals surface area (Å²) >= 11 is 0. The van der Waals surface area contributed by atoms with Crippen LogP contribution in [-0.4, -0.2) is 42.4 Å². The lowest BCUT2D eigenvalue weighted by atomic mass is 10.0. The maximum atomic E-state index is 11.3. The standard InChI is InChI=1S/C10H16N2O3/c1-2-3-8(11)9(13)12-6-10(14)4-5-15-7-10/h1,8,14H,3-7,11H2,(H,12,13). The Bertz CT molecular complexity index is 266. The number of terminal acetylenes is 1. The molecule has 0 spiro atoms. The first-order valence-electron chi connectivity index (χ1n) is 4.84. The minimum atomic E-state index is -0.953. The first-order valence-corrected chi connectivity index (χ1v) is 4.84. The molecule has 0 aromatic heterocycles. The Labute approximate surface area is 89.0 Å². The molecule has 0 saturated carbocycles. The fourth-order valence-electron chi connectivity index (χ4n) is 1.34. The van der Waals surface area contributed by atoms with E-state index in [-0.39, 0.29) is 25.5 Å². The van der Waals surface area contributed by atoms with Crippen molar-refractivity contribution < 1.29 is 14.6 Å². The molecule has 5 nitrogen and oxygen atoms in total. The van der Waals surface area contributed by atoms with Crippen molar-refractivity contribution in [2.24, 2.45) is 5.73 Å². The van der Waals surface area contributed by atoms with Crippen LogP contribution in [0.25, 0.3) is 0 Å². The number of amides is 1. The van der Waals surface area contributed by atoms with Gasteiger partial charge < -0.3 is 20.9 Å². The quantitative estimate of drug-likeness (QED) is 0.501. The summed E-state index contributed by atoms with van der Waals surface area (Å²) in [5, 5.41) is 12.4. The third-order valence-corrected chi connectivity index (χ3v) is 2.35. The van der Waals surface area contributed by atoms with Gasteiger partial charge in [-0.05, 0) is 0 Å². The fourth-order valence-corrected chi connectivity index (χ4v) is 1.34. The van der Waals surface area contributed by atoms with Gasteiger partial charge in [0, 0.05) is 26.0 Å². The van der Waals surface area contributed by atoms with Gasteiger partial charge in [0.25, 0.3) is 0 Å². The summed E-state index contributed by atoms with van der Waals surface area (Å²) in [6, 6.07) is -0.707. The zero-order valence-corrected chi connectivity index (χ0v) is 8.53. The van der Waals surface area contributed by atoms with Crippen molar-refractivity contribution in [2.75, 3.05) is 19.8 Å². The second-order valence-corrected chi connectivity index (χ2v) is 3.76. The van der Waals surface area contributed by atoms with Crippen molar-refractivity contribution in [1.82, 2.24) is 5.32 Å². The zero-order chi connectivity index (χ0) is 11.3. The molecular weight excluding hydrogens is 196 g/mol. The van der Waals surface area contributed by atoms with E-state index in [0.29, 0.717) is 13.0 Å². The number of hydrogen-bond donors (Lipinski definition) is 3. The normalized spacial score (nSPS) is 27.0. The molecule has 0 bridgehead atoms. The Morgan fingerprint density at radius 3 is 3.07 bits per heavy atom. The molecular formula is C10H16N2O3. The molecule has 4 N–H and O–H groups in total. The van der Waals surface area contributed by atoms with Gasteiger partial charge in [0.1, 0.15) is 5.60 Å². The van der Waals surface area contributed by atoms with Crippen LogP contribution < -0.4 is 11.1 Å². The van der Waals surface area contributed by atoms with Crippen LogP contribution >= 0.6 is 0 Å². The molecule has 84 valence electrons. The van der Waals surface area contributed by atoms with Crippen LogP contribution in [0.3, 0.4) is 0 Å². The fraction of sp³-hybridized carbons (Fsp3) is 0.700. The lowest BCUT2D eigenvalue weighted by Crippen LogP contribution is -2.48. The summed E-state index contributed by atoms with van der Waals surface area (Å²) < 4.78 is 5.04. The van der Waals surface area contributed by atoms with E-state index in [4.69, 9.17) is 16.9 Å². The van der Waals surface area contributed by atoms with Gasteiger partial charge in [-0.15, -0.1) is 12.3 Å². The number of nitrogens with two attached hydrogens (primary N) is 1. The summed E-state index contributed by atoms with van der Waals surface area (Å²) in [5.41, 5.74) is 4.54. The summed E-state index contributed by atoms with van der Waals surface area (Å²) in [4.78, 5) is 11.3. The Hall–Kier alpha value is -1.09. The molecule has 0 aromatic carbocycles. The van der Waals surface area contributed by atoms with E-state index in [1.165, 1.54) is 0 Å². The van der Waals surface area contributed by atoms with Crippen LogP contribution in [0.4, 0.5) is 0 Å². The van der Waals surface area contributed by atoms with Gasteiger partial charge in [-0.2, -0.15) is 0 Å². The van der Waals surface area contributed by atoms with Crippen molar-refractivity contribution in [3.63, 3.8) is 0 Å². The smallest absolute Gasteiger partial charge is 0.238 e. The molecule has 15 heavy (non-hydrogen) atoms. The van der Waals surface area contributed by atoms with Crippen LogP contribution in [0.15, 0.2) is 0 Å². The number of carbonyl (C=O) groups excluding carboxylic acids is 1.